The fraction of sp³-hybridized carbons (Fsp3) is 0.391. The molecule has 0 bridgehead atoms. The normalized spacial score (nSPS) is 13.7. The van der Waals surface area contributed by atoms with Gasteiger partial charge in [-0.05, 0) is 49.4 Å². The van der Waals surface area contributed by atoms with Gasteiger partial charge in [-0.1, -0.05) is 30.3 Å². The molecule has 0 spiro atoms. The summed E-state index contributed by atoms with van der Waals surface area (Å²) in [7, 11) is 1.63. The van der Waals surface area contributed by atoms with Gasteiger partial charge in [0.15, 0.2) is 5.96 Å². The van der Waals surface area contributed by atoms with Crippen molar-refractivity contribution >= 4 is 11.9 Å². The summed E-state index contributed by atoms with van der Waals surface area (Å²) in [6.07, 6.45) is 2.55. The van der Waals surface area contributed by atoms with E-state index in [1.807, 2.05) is 43.3 Å². The van der Waals surface area contributed by atoms with Gasteiger partial charge in [-0.15, -0.1) is 0 Å². The third-order valence-corrected chi connectivity index (χ3v) is 4.77. The molecule has 1 fully saturated rings. The SMILES string of the molecule is CCNC(=NCc1cccc(C(=O)NC)c1)NCc1ccccc1OCC1CC1. The third-order valence-electron chi connectivity index (χ3n) is 4.77. The molecule has 6 nitrogen and oxygen atoms in total. The zero-order chi connectivity index (χ0) is 20.5. The fourth-order valence-electron chi connectivity index (χ4n) is 2.93. The summed E-state index contributed by atoms with van der Waals surface area (Å²) in [6.45, 7) is 4.72. The van der Waals surface area contributed by atoms with Crippen molar-refractivity contribution in [2.45, 2.75) is 32.9 Å². The van der Waals surface area contributed by atoms with Gasteiger partial charge in [0.1, 0.15) is 5.75 Å². The quantitative estimate of drug-likeness (QED) is 0.451. The molecule has 29 heavy (non-hydrogen) atoms. The van der Waals surface area contributed by atoms with Gasteiger partial charge in [0.05, 0.1) is 13.2 Å². The molecule has 6 heteroatoms. The molecule has 1 saturated carbocycles. The standard InChI is InChI=1S/C23H30N4O2/c1-3-25-23(26-14-18-7-6-9-19(13-18)22(28)24-2)27-15-20-8-4-5-10-21(20)29-16-17-11-12-17/h4-10,13,17H,3,11-12,14-16H2,1-2H3,(H,24,28)(H2,25,26,27). The second-order valence-corrected chi connectivity index (χ2v) is 7.19. The Hall–Kier alpha value is -3.02. The lowest BCUT2D eigenvalue weighted by atomic mass is 10.1. The van der Waals surface area contributed by atoms with Gasteiger partial charge in [-0.3, -0.25) is 4.79 Å². The van der Waals surface area contributed by atoms with Gasteiger partial charge in [0.25, 0.3) is 5.91 Å². The minimum absolute atomic E-state index is 0.0938. The van der Waals surface area contributed by atoms with Gasteiger partial charge >= 0.3 is 0 Å². The molecule has 2 aromatic rings. The number of rotatable bonds is 9. The number of hydrogen-bond donors (Lipinski definition) is 3. The van der Waals surface area contributed by atoms with Gasteiger partial charge < -0.3 is 20.7 Å². The van der Waals surface area contributed by atoms with E-state index in [9.17, 15) is 4.79 Å². The van der Waals surface area contributed by atoms with Crippen molar-refractivity contribution in [1.29, 1.82) is 0 Å². The van der Waals surface area contributed by atoms with Crippen molar-refractivity contribution < 1.29 is 9.53 Å². The topological polar surface area (TPSA) is 74.8 Å². The largest absolute Gasteiger partial charge is 0.493 e. The van der Waals surface area contributed by atoms with Crippen LogP contribution < -0.4 is 20.7 Å². The first-order chi connectivity index (χ1) is 14.2. The van der Waals surface area contributed by atoms with E-state index in [-0.39, 0.29) is 5.91 Å². The number of amides is 1. The predicted molar refractivity (Wildman–Crippen MR) is 116 cm³/mol. The summed E-state index contributed by atoms with van der Waals surface area (Å²) in [6, 6.07) is 15.6. The highest BCUT2D eigenvalue weighted by molar-refractivity contribution is 5.94. The van der Waals surface area contributed by atoms with Crippen LogP contribution in [0.3, 0.4) is 0 Å². The fourth-order valence-corrected chi connectivity index (χ4v) is 2.93. The summed E-state index contributed by atoms with van der Waals surface area (Å²) >= 11 is 0. The molecular formula is C23H30N4O2. The number of carbonyl (C=O) groups is 1. The summed E-state index contributed by atoms with van der Waals surface area (Å²) in [4.78, 5) is 16.5. The van der Waals surface area contributed by atoms with E-state index in [1.165, 1.54) is 12.8 Å². The molecule has 0 aliphatic heterocycles. The number of nitrogens with one attached hydrogen (secondary N) is 3. The Kier molecular flexibility index (Phi) is 7.50. The van der Waals surface area contributed by atoms with Gasteiger partial charge in [0, 0.05) is 31.3 Å². The number of guanidine groups is 1. The molecule has 2 aromatic carbocycles. The van der Waals surface area contributed by atoms with E-state index in [2.05, 4.69) is 27.0 Å². The van der Waals surface area contributed by atoms with Crippen LogP contribution in [-0.2, 0) is 13.1 Å². The van der Waals surface area contributed by atoms with E-state index in [0.29, 0.717) is 18.7 Å². The number of para-hydroxylation sites is 1. The summed E-state index contributed by atoms with van der Waals surface area (Å²) in [5.74, 6) is 2.29. The van der Waals surface area contributed by atoms with E-state index >= 15 is 0 Å². The Bertz CT molecular complexity index is 846. The molecule has 1 aliphatic carbocycles. The van der Waals surface area contributed by atoms with Crippen LogP contribution in [0.4, 0.5) is 0 Å². The first-order valence-electron chi connectivity index (χ1n) is 10.2. The van der Waals surface area contributed by atoms with Crippen molar-refractivity contribution in [3.63, 3.8) is 0 Å². The van der Waals surface area contributed by atoms with Crippen LogP contribution in [0.2, 0.25) is 0 Å². The Morgan fingerprint density at radius 2 is 1.97 bits per heavy atom. The number of aliphatic imine (C=N–C) groups is 1. The minimum atomic E-state index is -0.0938. The highest BCUT2D eigenvalue weighted by atomic mass is 16.5. The van der Waals surface area contributed by atoms with Crippen molar-refractivity contribution in [3.05, 3.63) is 65.2 Å². The molecular weight excluding hydrogens is 364 g/mol. The monoisotopic (exact) mass is 394 g/mol. The molecule has 3 rings (SSSR count). The Morgan fingerprint density at radius 1 is 1.14 bits per heavy atom. The number of ether oxygens (including phenoxy) is 1. The van der Waals surface area contributed by atoms with E-state index < -0.39 is 0 Å². The van der Waals surface area contributed by atoms with Crippen molar-refractivity contribution in [2.24, 2.45) is 10.9 Å². The minimum Gasteiger partial charge on any atom is -0.493 e. The third kappa shape index (κ3) is 6.52. The molecule has 0 atom stereocenters. The van der Waals surface area contributed by atoms with Gasteiger partial charge in [0.2, 0.25) is 0 Å². The summed E-state index contributed by atoms with van der Waals surface area (Å²) in [5.41, 5.74) is 2.73. The van der Waals surface area contributed by atoms with Gasteiger partial charge in [-0.25, -0.2) is 4.99 Å². The van der Waals surface area contributed by atoms with E-state index in [1.54, 1.807) is 13.1 Å². The Morgan fingerprint density at radius 3 is 2.72 bits per heavy atom. The lowest BCUT2D eigenvalue weighted by Gasteiger charge is -2.14. The maximum atomic E-state index is 11.8. The molecule has 0 saturated heterocycles. The number of carbonyl (C=O) groups excluding carboxylic acids is 1. The lowest BCUT2D eigenvalue weighted by Crippen LogP contribution is -2.36. The van der Waals surface area contributed by atoms with Crippen molar-refractivity contribution in [2.75, 3.05) is 20.2 Å². The van der Waals surface area contributed by atoms with E-state index in [4.69, 9.17) is 4.74 Å². The molecule has 0 aromatic heterocycles. The smallest absolute Gasteiger partial charge is 0.251 e. The number of hydrogen-bond acceptors (Lipinski definition) is 3. The lowest BCUT2D eigenvalue weighted by molar-refractivity contribution is 0.0963. The predicted octanol–water partition coefficient (Wildman–Crippen LogP) is 3.09. The Balaban J connectivity index is 1.62. The average molecular weight is 395 g/mol. The zero-order valence-corrected chi connectivity index (χ0v) is 17.2. The van der Waals surface area contributed by atoms with Crippen LogP contribution >= 0.6 is 0 Å². The van der Waals surface area contributed by atoms with E-state index in [0.717, 1.165) is 41.9 Å². The Labute approximate surface area is 172 Å². The summed E-state index contributed by atoms with van der Waals surface area (Å²) in [5, 5.41) is 9.30. The van der Waals surface area contributed by atoms with Crippen LogP contribution in [0.15, 0.2) is 53.5 Å². The molecule has 0 heterocycles. The molecule has 0 unspecified atom stereocenters. The molecule has 1 amide bonds. The molecule has 3 N–H and O–H groups in total. The second-order valence-electron chi connectivity index (χ2n) is 7.19. The van der Waals surface area contributed by atoms with Crippen LogP contribution in [-0.4, -0.2) is 32.1 Å². The first kappa shape index (κ1) is 20.7. The van der Waals surface area contributed by atoms with Gasteiger partial charge in [-0.2, -0.15) is 0 Å². The highest BCUT2D eigenvalue weighted by Crippen LogP contribution is 2.30. The zero-order valence-electron chi connectivity index (χ0n) is 17.2. The number of benzene rings is 2. The van der Waals surface area contributed by atoms with Crippen molar-refractivity contribution in [1.82, 2.24) is 16.0 Å². The highest BCUT2D eigenvalue weighted by Gasteiger charge is 2.22. The molecule has 1 aliphatic rings. The first-order valence-corrected chi connectivity index (χ1v) is 10.2. The molecule has 154 valence electrons. The number of nitrogens with zero attached hydrogens (tertiary/aromatic N) is 1. The average Bonchev–Trinajstić information content (AvgIpc) is 3.59. The van der Waals surface area contributed by atoms with Crippen LogP contribution in [0.5, 0.6) is 5.75 Å². The summed E-state index contributed by atoms with van der Waals surface area (Å²) < 4.78 is 5.99. The van der Waals surface area contributed by atoms with Crippen molar-refractivity contribution in [3.8, 4) is 5.75 Å². The maximum Gasteiger partial charge on any atom is 0.251 e. The molecule has 0 radical (unpaired) electrons. The van der Waals surface area contributed by atoms with Crippen LogP contribution in [0, 0.1) is 5.92 Å². The van der Waals surface area contributed by atoms with Crippen LogP contribution in [0.25, 0.3) is 0 Å². The van der Waals surface area contributed by atoms with Crippen LogP contribution in [0.1, 0.15) is 41.3 Å². The second kappa shape index (κ2) is 10.5. The maximum absolute atomic E-state index is 11.8.